The summed E-state index contributed by atoms with van der Waals surface area (Å²) in [5, 5.41) is 3.27. The Kier molecular flexibility index (Phi) is 3.49. The minimum Gasteiger partial charge on any atom is -0.490 e. The largest absolute Gasteiger partial charge is 0.490 e. The molecule has 0 atom stereocenters. The van der Waals surface area contributed by atoms with Crippen LogP contribution in [0.2, 0.25) is 0 Å². The van der Waals surface area contributed by atoms with Crippen molar-refractivity contribution in [3.05, 3.63) is 24.3 Å². The fourth-order valence-electron chi connectivity index (χ4n) is 2.05. The van der Waals surface area contributed by atoms with Crippen molar-refractivity contribution >= 4 is 5.69 Å². The van der Waals surface area contributed by atoms with Crippen LogP contribution in [0, 0.1) is 0 Å². The van der Waals surface area contributed by atoms with Gasteiger partial charge >= 0.3 is 0 Å². The summed E-state index contributed by atoms with van der Waals surface area (Å²) in [5.74, 6) is 1.00. The van der Waals surface area contributed by atoms with Crippen LogP contribution in [0.3, 0.4) is 0 Å². The molecule has 2 heteroatoms. The molecule has 1 fully saturated rings. The molecule has 0 aliphatic heterocycles. The highest BCUT2D eigenvalue weighted by atomic mass is 16.5. The highest BCUT2D eigenvalue weighted by Crippen LogP contribution is 2.24. The summed E-state index contributed by atoms with van der Waals surface area (Å²) in [4.78, 5) is 0. The van der Waals surface area contributed by atoms with Gasteiger partial charge in [-0.25, -0.2) is 0 Å². The Hall–Kier alpha value is -1.18. The molecule has 1 aromatic rings. The Balaban J connectivity index is 1.91. The molecule has 0 unspecified atom stereocenters. The Bertz CT molecular complexity index is 288. The minimum absolute atomic E-state index is 0.454. The van der Waals surface area contributed by atoms with Gasteiger partial charge in [0.1, 0.15) is 5.75 Å². The van der Waals surface area contributed by atoms with Gasteiger partial charge in [0.2, 0.25) is 0 Å². The van der Waals surface area contributed by atoms with Gasteiger partial charge in [-0.1, -0.05) is 0 Å². The Morgan fingerprint density at radius 2 is 1.87 bits per heavy atom. The number of nitrogens with one attached hydrogen (secondary N) is 1. The van der Waals surface area contributed by atoms with E-state index in [4.69, 9.17) is 4.74 Å². The van der Waals surface area contributed by atoms with Crippen LogP contribution in [-0.4, -0.2) is 12.6 Å². The first-order valence-corrected chi connectivity index (χ1v) is 5.89. The summed E-state index contributed by atoms with van der Waals surface area (Å²) in [5.41, 5.74) is 1.16. The number of ether oxygens (including phenoxy) is 1. The molecule has 82 valence electrons. The van der Waals surface area contributed by atoms with Crippen LogP contribution in [0.25, 0.3) is 0 Å². The molecular weight excluding hydrogens is 186 g/mol. The molecule has 0 bridgehead atoms. The summed E-state index contributed by atoms with van der Waals surface area (Å²) in [7, 11) is 0. The quantitative estimate of drug-likeness (QED) is 0.813. The first-order chi connectivity index (χ1) is 7.38. The van der Waals surface area contributed by atoms with Crippen LogP contribution in [0.1, 0.15) is 32.6 Å². The third-order valence-electron chi connectivity index (χ3n) is 2.84. The predicted octanol–water partition coefficient (Wildman–Crippen LogP) is 3.44. The lowest BCUT2D eigenvalue weighted by Gasteiger charge is -2.13. The van der Waals surface area contributed by atoms with E-state index in [-0.39, 0.29) is 0 Å². The maximum absolute atomic E-state index is 5.88. The van der Waals surface area contributed by atoms with Crippen molar-refractivity contribution in [1.29, 1.82) is 0 Å². The van der Waals surface area contributed by atoms with Gasteiger partial charge in [-0.2, -0.15) is 0 Å². The number of rotatable bonds is 4. The third kappa shape index (κ3) is 2.88. The number of hydrogen-bond acceptors (Lipinski definition) is 2. The van der Waals surface area contributed by atoms with Gasteiger partial charge in [0.05, 0.1) is 6.10 Å². The van der Waals surface area contributed by atoms with Crippen molar-refractivity contribution in [1.82, 2.24) is 0 Å². The Labute approximate surface area is 91.6 Å². The summed E-state index contributed by atoms with van der Waals surface area (Å²) < 4.78 is 5.88. The molecule has 1 aliphatic rings. The molecule has 2 rings (SSSR count). The second-order valence-electron chi connectivity index (χ2n) is 4.08. The van der Waals surface area contributed by atoms with E-state index in [1.165, 1.54) is 25.7 Å². The second-order valence-corrected chi connectivity index (χ2v) is 4.08. The van der Waals surface area contributed by atoms with Gasteiger partial charge in [0.15, 0.2) is 0 Å². The van der Waals surface area contributed by atoms with Gasteiger partial charge in [-0.05, 0) is 56.9 Å². The maximum Gasteiger partial charge on any atom is 0.119 e. The van der Waals surface area contributed by atoms with E-state index in [1.807, 2.05) is 0 Å². The number of anilines is 1. The van der Waals surface area contributed by atoms with Crippen LogP contribution in [-0.2, 0) is 0 Å². The van der Waals surface area contributed by atoms with E-state index in [9.17, 15) is 0 Å². The molecule has 1 N–H and O–H groups in total. The SMILES string of the molecule is CCNc1ccc(OC2CCCC2)cc1. The molecular formula is C13H19NO. The molecule has 2 nitrogen and oxygen atoms in total. The van der Waals surface area contributed by atoms with E-state index >= 15 is 0 Å². The minimum atomic E-state index is 0.454. The van der Waals surface area contributed by atoms with Crippen molar-refractivity contribution in [2.75, 3.05) is 11.9 Å². The van der Waals surface area contributed by atoms with E-state index < -0.39 is 0 Å². The van der Waals surface area contributed by atoms with Gasteiger partial charge < -0.3 is 10.1 Å². The predicted molar refractivity (Wildman–Crippen MR) is 63.5 cm³/mol. The van der Waals surface area contributed by atoms with E-state index in [1.54, 1.807) is 0 Å². The zero-order valence-electron chi connectivity index (χ0n) is 9.33. The lowest BCUT2D eigenvalue weighted by molar-refractivity contribution is 0.210. The van der Waals surface area contributed by atoms with E-state index in [2.05, 4.69) is 36.5 Å². The van der Waals surface area contributed by atoms with Crippen molar-refractivity contribution < 1.29 is 4.74 Å². The van der Waals surface area contributed by atoms with Crippen LogP contribution in [0.5, 0.6) is 5.75 Å². The standard InChI is InChI=1S/C13H19NO/c1-2-14-11-7-9-13(10-8-11)15-12-5-3-4-6-12/h7-10,12,14H,2-6H2,1H3. The highest BCUT2D eigenvalue weighted by molar-refractivity contribution is 5.46. The average Bonchev–Trinajstić information content (AvgIpc) is 2.74. The molecule has 0 heterocycles. The van der Waals surface area contributed by atoms with Crippen molar-refractivity contribution in [2.24, 2.45) is 0 Å². The molecule has 1 aliphatic carbocycles. The molecule has 1 aromatic carbocycles. The normalized spacial score (nSPS) is 16.6. The lowest BCUT2D eigenvalue weighted by Crippen LogP contribution is -2.10. The Morgan fingerprint density at radius 3 is 2.47 bits per heavy atom. The van der Waals surface area contributed by atoms with E-state index in [0.717, 1.165) is 18.0 Å². The van der Waals surface area contributed by atoms with Gasteiger partial charge in [0, 0.05) is 12.2 Å². The molecule has 0 amide bonds. The fourth-order valence-corrected chi connectivity index (χ4v) is 2.05. The van der Waals surface area contributed by atoms with Crippen molar-refractivity contribution in [3.63, 3.8) is 0 Å². The van der Waals surface area contributed by atoms with Crippen LogP contribution in [0.4, 0.5) is 5.69 Å². The molecule has 1 saturated carbocycles. The molecule has 0 aromatic heterocycles. The van der Waals surface area contributed by atoms with Crippen LogP contribution < -0.4 is 10.1 Å². The number of benzene rings is 1. The van der Waals surface area contributed by atoms with Gasteiger partial charge in [-0.3, -0.25) is 0 Å². The van der Waals surface area contributed by atoms with Crippen LogP contribution >= 0.6 is 0 Å². The highest BCUT2D eigenvalue weighted by Gasteiger charge is 2.16. The van der Waals surface area contributed by atoms with Gasteiger partial charge in [-0.15, -0.1) is 0 Å². The summed E-state index contributed by atoms with van der Waals surface area (Å²) >= 11 is 0. The monoisotopic (exact) mass is 205 g/mol. The summed E-state index contributed by atoms with van der Waals surface area (Å²) in [6.45, 7) is 3.06. The molecule has 0 spiro atoms. The average molecular weight is 205 g/mol. The topological polar surface area (TPSA) is 21.3 Å². The van der Waals surface area contributed by atoms with Crippen molar-refractivity contribution in [2.45, 2.75) is 38.7 Å². The van der Waals surface area contributed by atoms with Crippen LogP contribution in [0.15, 0.2) is 24.3 Å². The summed E-state index contributed by atoms with van der Waals surface area (Å²) in [6.07, 6.45) is 5.53. The first-order valence-electron chi connectivity index (χ1n) is 5.89. The van der Waals surface area contributed by atoms with Crippen molar-refractivity contribution in [3.8, 4) is 5.75 Å². The number of hydrogen-bond donors (Lipinski definition) is 1. The molecule has 0 saturated heterocycles. The fraction of sp³-hybridized carbons (Fsp3) is 0.538. The lowest BCUT2D eigenvalue weighted by atomic mass is 10.2. The molecule has 15 heavy (non-hydrogen) atoms. The zero-order valence-corrected chi connectivity index (χ0v) is 9.33. The maximum atomic E-state index is 5.88. The Morgan fingerprint density at radius 1 is 1.20 bits per heavy atom. The molecule has 0 radical (unpaired) electrons. The zero-order chi connectivity index (χ0) is 10.5. The third-order valence-corrected chi connectivity index (χ3v) is 2.84. The van der Waals surface area contributed by atoms with Gasteiger partial charge in [0.25, 0.3) is 0 Å². The first kappa shape index (κ1) is 10.3. The second kappa shape index (κ2) is 5.06. The smallest absolute Gasteiger partial charge is 0.119 e. The van der Waals surface area contributed by atoms with E-state index in [0.29, 0.717) is 6.10 Å². The summed E-state index contributed by atoms with van der Waals surface area (Å²) in [6, 6.07) is 8.26.